The lowest BCUT2D eigenvalue weighted by Crippen LogP contribution is -2.18. The van der Waals surface area contributed by atoms with E-state index < -0.39 is 16.0 Å². The molecule has 0 saturated carbocycles. The number of nitrogens with zero attached hydrogens (tertiary/aromatic N) is 3. The maximum absolute atomic E-state index is 12.1. The van der Waals surface area contributed by atoms with Gasteiger partial charge in [-0.15, -0.1) is 0 Å². The van der Waals surface area contributed by atoms with E-state index in [1.165, 1.54) is 19.2 Å². The summed E-state index contributed by atoms with van der Waals surface area (Å²) >= 11 is 0. The van der Waals surface area contributed by atoms with Crippen molar-refractivity contribution >= 4 is 16.0 Å². The van der Waals surface area contributed by atoms with Crippen molar-refractivity contribution in [2.75, 3.05) is 13.7 Å². The Morgan fingerprint density at radius 1 is 1.29 bits per heavy atom. The summed E-state index contributed by atoms with van der Waals surface area (Å²) in [6.07, 6.45) is 3.01. The van der Waals surface area contributed by atoms with Gasteiger partial charge >= 0.3 is 5.97 Å². The van der Waals surface area contributed by atoms with E-state index in [0.29, 0.717) is 30.8 Å². The Kier molecular flexibility index (Phi) is 4.52. The molecule has 0 saturated heterocycles. The Bertz CT molecular complexity index is 1150. The molecular formula is C18H19N5O4S. The molecule has 28 heavy (non-hydrogen) atoms. The number of aromatic nitrogens is 4. The third-order valence-electron chi connectivity index (χ3n) is 4.74. The van der Waals surface area contributed by atoms with Crippen molar-refractivity contribution in [1.29, 1.82) is 0 Å². The maximum Gasteiger partial charge on any atom is 0.356 e. The molecule has 1 aliphatic carbocycles. The lowest BCUT2D eigenvalue weighted by atomic mass is 9.94. The van der Waals surface area contributed by atoms with Gasteiger partial charge in [0, 0.05) is 11.1 Å². The van der Waals surface area contributed by atoms with Crippen LogP contribution in [0, 0.1) is 0 Å². The van der Waals surface area contributed by atoms with Gasteiger partial charge in [0.1, 0.15) is 5.69 Å². The van der Waals surface area contributed by atoms with Crippen molar-refractivity contribution in [3.8, 4) is 16.9 Å². The van der Waals surface area contributed by atoms with E-state index in [-0.39, 0.29) is 4.90 Å². The summed E-state index contributed by atoms with van der Waals surface area (Å²) in [7, 11) is -2.11. The largest absolute Gasteiger partial charge is 0.461 e. The van der Waals surface area contributed by atoms with Gasteiger partial charge in [0.05, 0.1) is 34.8 Å². The predicted octanol–water partition coefficient (Wildman–Crippen LogP) is 1.45. The van der Waals surface area contributed by atoms with E-state index in [9.17, 15) is 13.2 Å². The van der Waals surface area contributed by atoms with Crippen LogP contribution in [0.1, 0.15) is 28.7 Å². The van der Waals surface area contributed by atoms with Gasteiger partial charge in [0.15, 0.2) is 0 Å². The molecule has 0 bridgehead atoms. The summed E-state index contributed by atoms with van der Waals surface area (Å²) in [6, 6.07) is 6.50. The summed E-state index contributed by atoms with van der Waals surface area (Å²) in [4.78, 5) is 12.3. The average molecular weight is 401 g/mol. The molecule has 0 amide bonds. The van der Waals surface area contributed by atoms with Gasteiger partial charge < -0.3 is 4.74 Å². The SMILES string of the molecule is CCOC(=O)c1[nH]nc2c1CCc1c-2cnn1-c1ccc(S(=O)(=O)NC)cc1. The highest BCUT2D eigenvalue weighted by atomic mass is 32.2. The van der Waals surface area contributed by atoms with E-state index in [0.717, 1.165) is 22.5 Å². The molecule has 2 N–H and O–H groups in total. The lowest BCUT2D eigenvalue weighted by molar-refractivity contribution is 0.0518. The third-order valence-corrected chi connectivity index (χ3v) is 6.17. The fraction of sp³-hybridized carbons (Fsp3) is 0.278. The van der Waals surface area contributed by atoms with Crippen LogP contribution in [0.2, 0.25) is 0 Å². The number of aromatic amines is 1. The molecule has 1 aromatic carbocycles. The Labute approximate surface area is 161 Å². The average Bonchev–Trinajstić information content (AvgIpc) is 3.32. The normalized spacial score (nSPS) is 13.1. The van der Waals surface area contributed by atoms with Crippen molar-refractivity contribution in [3.63, 3.8) is 0 Å². The topological polar surface area (TPSA) is 119 Å². The van der Waals surface area contributed by atoms with Crippen LogP contribution in [0.4, 0.5) is 0 Å². The first-order valence-electron chi connectivity index (χ1n) is 8.82. The smallest absolute Gasteiger partial charge is 0.356 e. The lowest BCUT2D eigenvalue weighted by Gasteiger charge is -2.15. The van der Waals surface area contributed by atoms with Crippen LogP contribution in [-0.2, 0) is 27.6 Å². The molecule has 0 radical (unpaired) electrons. The maximum atomic E-state index is 12.1. The second kappa shape index (κ2) is 6.88. The van der Waals surface area contributed by atoms with Crippen molar-refractivity contribution in [2.24, 2.45) is 0 Å². The van der Waals surface area contributed by atoms with Crippen LogP contribution < -0.4 is 4.72 Å². The number of sulfonamides is 1. The van der Waals surface area contributed by atoms with Gasteiger partial charge in [-0.3, -0.25) is 5.10 Å². The van der Waals surface area contributed by atoms with E-state index >= 15 is 0 Å². The number of rotatable bonds is 5. The van der Waals surface area contributed by atoms with Crippen LogP contribution in [0.3, 0.4) is 0 Å². The monoisotopic (exact) mass is 401 g/mol. The summed E-state index contributed by atoms with van der Waals surface area (Å²) in [6.45, 7) is 2.06. The molecule has 4 rings (SSSR count). The Morgan fingerprint density at radius 3 is 2.71 bits per heavy atom. The quantitative estimate of drug-likeness (QED) is 0.625. The fourth-order valence-electron chi connectivity index (χ4n) is 3.37. The summed E-state index contributed by atoms with van der Waals surface area (Å²) in [5, 5.41) is 11.5. The van der Waals surface area contributed by atoms with Gasteiger partial charge in [-0.05, 0) is 51.1 Å². The minimum atomic E-state index is -3.49. The Balaban J connectivity index is 1.71. The molecule has 0 unspecified atom stereocenters. The molecule has 0 aliphatic heterocycles. The zero-order valence-corrected chi connectivity index (χ0v) is 16.2. The summed E-state index contributed by atoms with van der Waals surface area (Å²) < 4.78 is 32.9. The highest BCUT2D eigenvalue weighted by Crippen LogP contribution is 2.34. The van der Waals surface area contributed by atoms with Gasteiger partial charge in [-0.2, -0.15) is 10.2 Å². The first kappa shape index (κ1) is 18.4. The number of esters is 1. The van der Waals surface area contributed by atoms with Crippen LogP contribution >= 0.6 is 0 Å². The first-order chi connectivity index (χ1) is 13.5. The number of fused-ring (bicyclic) bond motifs is 3. The molecule has 1 aliphatic rings. The molecule has 9 nitrogen and oxygen atoms in total. The van der Waals surface area contributed by atoms with Crippen LogP contribution in [0.25, 0.3) is 16.9 Å². The molecule has 3 aromatic rings. The third kappa shape index (κ3) is 2.90. The number of benzene rings is 1. The molecule has 2 aromatic heterocycles. The van der Waals surface area contributed by atoms with Crippen molar-refractivity contribution in [2.45, 2.75) is 24.7 Å². The van der Waals surface area contributed by atoms with Crippen molar-refractivity contribution in [1.82, 2.24) is 24.7 Å². The predicted molar refractivity (Wildman–Crippen MR) is 101 cm³/mol. The van der Waals surface area contributed by atoms with Crippen molar-refractivity contribution < 1.29 is 17.9 Å². The number of hydrogen-bond donors (Lipinski definition) is 2. The molecule has 146 valence electrons. The van der Waals surface area contributed by atoms with E-state index in [1.54, 1.807) is 29.9 Å². The zero-order valence-electron chi connectivity index (χ0n) is 15.4. The minimum Gasteiger partial charge on any atom is -0.461 e. The minimum absolute atomic E-state index is 0.188. The number of H-pyrrole nitrogens is 1. The van der Waals surface area contributed by atoms with Crippen LogP contribution in [0.15, 0.2) is 35.4 Å². The number of carbonyl (C=O) groups excluding carboxylic acids is 1. The second-order valence-corrected chi connectivity index (χ2v) is 8.15. The zero-order chi connectivity index (χ0) is 19.9. The molecule has 0 fully saturated rings. The first-order valence-corrected chi connectivity index (χ1v) is 10.3. The van der Waals surface area contributed by atoms with Crippen LogP contribution in [0.5, 0.6) is 0 Å². The molecule has 0 atom stereocenters. The Morgan fingerprint density at radius 2 is 2.04 bits per heavy atom. The fourth-order valence-corrected chi connectivity index (χ4v) is 4.10. The van der Waals surface area contributed by atoms with Gasteiger partial charge in [0.25, 0.3) is 0 Å². The second-order valence-electron chi connectivity index (χ2n) is 6.26. The van der Waals surface area contributed by atoms with Gasteiger partial charge in [-0.1, -0.05) is 0 Å². The summed E-state index contributed by atoms with van der Waals surface area (Å²) in [5.41, 5.74) is 4.47. The molecule has 2 heterocycles. The number of carbonyl (C=O) groups is 1. The van der Waals surface area contributed by atoms with E-state index in [2.05, 4.69) is 20.0 Å². The van der Waals surface area contributed by atoms with E-state index in [4.69, 9.17) is 4.74 Å². The standard InChI is InChI=1S/C18H19N5O4S/c1-3-27-18(24)17-13-8-9-15-14(16(13)21-22-17)10-20-23(15)11-4-6-12(7-5-11)28(25,26)19-2/h4-7,10,19H,3,8-9H2,1-2H3,(H,21,22). The van der Waals surface area contributed by atoms with E-state index in [1.807, 2.05) is 0 Å². The summed E-state index contributed by atoms with van der Waals surface area (Å²) in [5.74, 6) is -0.409. The molecular weight excluding hydrogens is 382 g/mol. The Hall–Kier alpha value is -2.98. The highest BCUT2D eigenvalue weighted by Gasteiger charge is 2.29. The molecule has 10 heteroatoms. The van der Waals surface area contributed by atoms with Crippen LogP contribution in [-0.4, -0.2) is 48.0 Å². The number of nitrogens with one attached hydrogen (secondary N) is 2. The number of ether oxygens (including phenoxy) is 1. The molecule has 0 spiro atoms. The highest BCUT2D eigenvalue weighted by molar-refractivity contribution is 7.89. The number of hydrogen-bond acceptors (Lipinski definition) is 6. The van der Waals surface area contributed by atoms with Crippen molar-refractivity contribution in [3.05, 3.63) is 47.4 Å². The van der Waals surface area contributed by atoms with Gasteiger partial charge in [0.2, 0.25) is 10.0 Å². The van der Waals surface area contributed by atoms with Gasteiger partial charge in [-0.25, -0.2) is 22.6 Å².